The molecule has 17 heavy (non-hydrogen) atoms. The fraction of sp³-hybridized carbons (Fsp3) is 0.385. The van der Waals surface area contributed by atoms with Gasteiger partial charge >= 0.3 is 0 Å². The maximum absolute atomic E-state index is 12.3. The van der Waals surface area contributed by atoms with Crippen LogP contribution in [-0.4, -0.2) is 15.3 Å². The summed E-state index contributed by atoms with van der Waals surface area (Å²) in [6.07, 6.45) is 8.23. The van der Waals surface area contributed by atoms with Gasteiger partial charge in [-0.05, 0) is 37.3 Å². The van der Waals surface area contributed by atoms with Crippen molar-refractivity contribution in [1.29, 1.82) is 0 Å². The van der Waals surface area contributed by atoms with Crippen molar-refractivity contribution in [2.75, 3.05) is 0 Å². The first-order valence-electron chi connectivity index (χ1n) is 5.89. The van der Waals surface area contributed by atoms with Crippen LogP contribution in [0.3, 0.4) is 0 Å². The number of thiophene rings is 1. The Balaban J connectivity index is 1.97. The van der Waals surface area contributed by atoms with Crippen LogP contribution in [0, 0.1) is 0 Å². The monoisotopic (exact) mass is 246 g/mol. The molecule has 4 heteroatoms. The minimum absolute atomic E-state index is 0.0527. The van der Waals surface area contributed by atoms with Crippen LogP contribution in [0.5, 0.6) is 0 Å². The van der Waals surface area contributed by atoms with E-state index in [1.807, 2.05) is 7.05 Å². The summed E-state index contributed by atoms with van der Waals surface area (Å²) in [6.45, 7) is 0. The summed E-state index contributed by atoms with van der Waals surface area (Å²) in [6, 6.07) is 2.07. The molecule has 0 unspecified atom stereocenters. The smallest absolute Gasteiger partial charge is 0.238 e. The van der Waals surface area contributed by atoms with Gasteiger partial charge in [0.15, 0.2) is 5.82 Å². The molecular weight excluding hydrogens is 232 g/mol. The van der Waals surface area contributed by atoms with E-state index in [9.17, 15) is 4.79 Å². The van der Waals surface area contributed by atoms with Crippen LogP contribution in [0.25, 0.3) is 0 Å². The maximum Gasteiger partial charge on any atom is 0.238 e. The summed E-state index contributed by atoms with van der Waals surface area (Å²) in [5.41, 5.74) is 1.37. The summed E-state index contributed by atoms with van der Waals surface area (Å²) in [5, 5.41) is 0. The minimum atomic E-state index is 0.0527. The predicted molar refractivity (Wildman–Crippen MR) is 67.6 cm³/mol. The van der Waals surface area contributed by atoms with Gasteiger partial charge in [-0.2, -0.15) is 0 Å². The maximum atomic E-state index is 12.3. The molecule has 2 heterocycles. The molecule has 3 nitrogen and oxygen atoms in total. The molecule has 0 aliphatic heterocycles. The van der Waals surface area contributed by atoms with E-state index in [0.29, 0.717) is 5.82 Å². The lowest BCUT2D eigenvalue weighted by molar-refractivity contribution is 0.103. The summed E-state index contributed by atoms with van der Waals surface area (Å²) < 4.78 is 1.78. The van der Waals surface area contributed by atoms with Gasteiger partial charge in [0.05, 0.1) is 4.88 Å². The second kappa shape index (κ2) is 4.11. The number of rotatable bonds is 2. The van der Waals surface area contributed by atoms with Crippen molar-refractivity contribution in [2.24, 2.45) is 7.05 Å². The van der Waals surface area contributed by atoms with Gasteiger partial charge in [0.25, 0.3) is 0 Å². The Morgan fingerprint density at radius 3 is 2.94 bits per heavy atom. The Kier molecular flexibility index (Phi) is 2.59. The molecule has 88 valence electrons. The quantitative estimate of drug-likeness (QED) is 0.763. The van der Waals surface area contributed by atoms with Crippen molar-refractivity contribution in [1.82, 2.24) is 9.55 Å². The standard InChI is InChI=1S/C13H14N2OS/c1-15-7-6-14-13(15)12(16)11-8-9-4-2-3-5-10(9)17-11/h6-8H,2-5H2,1H3. The van der Waals surface area contributed by atoms with E-state index in [-0.39, 0.29) is 5.78 Å². The van der Waals surface area contributed by atoms with Gasteiger partial charge in [-0.25, -0.2) is 4.98 Å². The van der Waals surface area contributed by atoms with E-state index in [1.165, 1.54) is 23.3 Å². The van der Waals surface area contributed by atoms with Crippen molar-refractivity contribution < 1.29 is 4.79 Å². The van der Waals surface area contributed by atoms with Gasteiger partial charge in [0.2, 0.25) is 5.78 Å². The van der Waals surface area contributed by atoms with E-state index in [0.717, 1.165) is 17.7 Å². The number of hydrogen-bond donors (Lipinski definition) is 0. The van der Waals surface area contributed by atoms with E-state index in [2.05, 4.69) is 11.1 Å². The normalized spacial score (nSPS) is 14.6. The third-order valence-corrected chi connectivity index (χ3v) is 4.48. The molecule has 0 N–H and O–H groups in total. The zero-order valence-electron chi connectivity index (χ0n) is 9.77. The molecule has 0 atom stereocenters. The zero-order valence-corrected chi connectivity index (χ0v) is 10.6. The van der Waals surface area contributed by atoms with Crippen LogP contribution in [0.2, 0.25) is 0 Å². The van der Waals surface area contributed by atoms with Crippen LogP contribution in [-0.2, 0) is 19.9 Å². The van der Waals surface area contributed by atoms with Crippen LogP contribution in [0.15, 0.2) is 18.5 Å². The molecular formula is C13H14N2OS. The highest BCUT2D eigenvalue weighted by molar-refractivity contribution is 7.14. The molecule has 0 saturated carbocycles. The lowest BCUT2D eigenvalue weighted by Crippen LogP contribution is -2.06. The largest absolute Gasteiger partial charge is 0.331 e. The first-order chi connectivity index (χ1) is 8.25. The van der Waals surface area contributed by atoms with E-state index >= 15 is 0 Å². The number of nitrogens with zero attached hydrogens (tertiary/aromatic N) is 2. The number of aryl methyl sites for hydroxylation is 3. The van der Waals surface area contributed by atoms with Crippen molar-refractivity contribution >= 4 is 17.1 Å². The summed E-state index contributed by atoms with van der Waals surface area (Å²) >= 11 is 1.65. The molecule has 0 aromatic carbocycles. The number of aromatic nitrogens is 2. The molecule has 0 fully saturated rings. The topological polar surface area (TPSA) is 34.9 Å². The first-order valence-corrected chi connectivity index (χ1v) is 6.71. The fourth-order valence-corrected chi connectivity index (χ4v) is 3.49. The molecule has 1 aliphatic rings. The number of imidazole rings is 1. The molecule has 2 aromatic rings. The van der Waals surface area contributed by atoms with Crippen LogP contribution in [0.4, 0.5) is 0 Å². The van der Waals surface area contributed by atoms with Gasteiger partial charge in [0.1, 0.15) is 0 Å². The van der Waals surface area contributed by atoms with Crippen molar-refractivity contribution in [3.8, 4) is 0 Å². The van der Waals surface area contributed by atoms with E-state index in [1.54, 1.807) is 28.3 Å². The average molecular weight is 246 g/mol. The third-order valence-electron chi connectivity index (χ3n) is 3.24. The Morgan fingerprint density at radius 1 is 1.41 bits per heavy atom. The first kappa shape index (κ1) is 10.7. The molecule has 0 bridgehead atoms. The SMILES string of the molecule is Cn1ccnc1C(=O)c1cc2c(s1)CCCC2. The Labute approximate surface area is 104 Å². The molecule has 0 saturated heterocycles. The van der Waals surface area contributed by atoms with E-state index < -0.39 is 0 Å². The van der Waals surface area contributed by atoms with Gasteiger partial charge in [-0.3, -0.25) is 4.79 Å². The molecule has 3 rings (SSSR count). The number of hydrogen-bond acceptors (Lipinski definition) is 3. The van der Waals surface area contributed by atoms with Gasteiger partial charge in [-0.1, -0.05) is 0 Å². The average Bonchev–Trinajstić information content (AvgIpc) is 2.93. The van der Waals surface area contributed by atoms with Gasteiger partial charge < -0.3 is 4.57 Å². The summed E-state index contributed by atoms with van der Waals surface area (Å²) in [4.78, 5) is 18.6. The number of ketones is 1. The molecule has 0 spiro atoms. The van der Waals surface area contributed by atoms with Crippen molar-refractivity contribution in [3.05, 3.63) is 39.6 Å². The Hall–Kier alpha value is -1.42. The summed E-state index contributed by atoms with van der Waals surface area (Å²) in [5.74, 6) is 0.584. The Bertz CT molecular complexity index is 544. The van der Waals surface area contributed by atoms with Crippen LogP contribution < -0.4 is 0 Å². The van der Waals surface area contributed by atoms with Gasteiger partial charge in [0, 0.05) is 24.3 Å². The van der Waals surface area contributed by atoms with Crippen LogP contribution in [0.1, 0.15) is 38.8 Å². The van der Waals surface area contributed by atoms with E-state index in [4.69, 9.17) is 0 Å². The highest BCUT2D eigenvalue weighted by Gasteiger charge is 2.20. The number of carbonyl (C=O) groups is 1. The highest BCUT2D eigenvalue weighted by atomic mass is 32.1. The molecule has 2 aromatic heterocycles. The lowest BCUT2D eigenvalue weighted by Gasteiger charge is -2.08. The highest BCUT2D eigenvalue weighted by Crippen LogP contribution is 2.30. The second-order valence-electron chi connectivity index (χ2n) is 4.46. The lowest BCUT2D eigenvalue weighted by atomic mass is 9.99. The third kappa shape index (κ3) is 1.82. The second-order valence-corrected chi connectivity index (χ2v) is 5.59. The van der Waals surface area contributed by atoms with Crippen molar-refractivity contribution in [3.63, 3.8) is 0 Å². The predicted octanol–water partition coefficient (Wildman–Crippen LogP) is 2.59. The molecule has 0 radical (unpaired) electrons. The Morgan fingerprint density at radius 2 is 2.24 bits per heavy atom. The minimum Gasteiger partial charge on any atom is -0.331 e. The molecule has 0 amide bonds. The summed E-state index contributed by atoms with van der Waals surface area (Å²) in [7, 11) is 1.85. The fourth-order valence-electron chi connectivity index (χ4n) is 2.30. The zero-order chi connectivity index (χ0) is 11.8. The van der Waals surface area contributed by atoms with Crippen LogP contribution >= 0.6 is 11.3 Å². The molecule has 1 aliphatic carbocycles. The number of carbonyl (C=O) groups excluding carboxylic acids is 1. The number of fused-ring (bicyclic) bond motifs is 1. The van der Waals surface area contributed by atoms with Gasteiger partial charge in [-0.15, -0.1) is 11.3 Å². The van der Waals surface area contributed by atoms with Crippen molar-refractivity contribution in [2.45, 2.75) is 25.7 Å².